The monoisotopic (exact) mass is 414 g/mol. The molecule has 0 unspecified atom stereocenters. The van der Waals surface area contributed by atoms with Crippen LogP contribution in [0.3, 0.4) is 0 Å². The molecule has 1 aliphatic heterocycles. The Kier molecular flexibility index (Phi) is 7.57. The van der Waals surface area contributed by atoms with Gasteiger partial charge in [0.2, 0.25) is 0 Å². The fourth-order valence-corrected chi connectivity index (χ4v) is 3.10. The molecule has 0 aromatic heterocycles. The quantitative estimate of drug-likeness (QED) is 0.454. The smallest absolute Gasteiger partial charge is 0.338 e. The topological polar surface area (TPSA) is 106 Å². The molecule has 2 N–H and O–H groups in total. The Morgan fingerprint density at radius 2 is 1.43 bits per heavy atom. The number of rotatable bonds is 10. The van der Waals surface area contributed by atoms with E-state index in [0.29, 0.717) is 11.1 Å². The van der Waals surface area contributed by atoms with Crippen LogP contribution in [0.4, 0.5) is 0 Å². The van der Waals surface area contributed by atoms with Gasteiger partial charge in [0.25, 0.3) is 0 Å². The molecule has 0 amide bonds. The summed E-state index contributed by atoms with van der Waals surface area (Å²) in [5.74, 6) is -1.27. The van der Waals surface area contributed by atoms with Crippen LogP contribution in [0.5, 0.6) is 0 Å². The van der Waals surface area contributed by atoms with Crippen LogP contribution in [-0.4, -0.2) is 59.8 Å². The molecule has 0 aliphatic carbocycles. The maximum absolute atomic E-state index is 12.0. The lowest BCUT2D eigenvalue weighted by Gasteiger charge is -2.17. The van der Waals surface area contributed by atoms with E-state index in [1.807, 2.05) is 6.07 Å². The first kappa shape index (κ1) is 22.0. The Morgan fingerprint density at radius 3 is 2.00 bits per heavy atom. The van der Waals surface area contributed by atoms with Gasteiger partial charge in [-0.25, -0.2) is 9.59 Å². The highest BCUT2D eigenvalue weighted by molar-refractivity contribution is 5.89. The third-order valence-electron chi connectivity index (χ3n) is 5.00. The molecule has 0 radical (unpaired) electrons. The van der Waals surface area contributed by atoms with E-state index < -0.39 is 36.4 Å². The molecule has 5 atom stereocenters. The molecule has 0 spiro atoms. The van der Waals surface area contributed by atoms with Gasteiger partial charge >= 0.3 is 11.9 Å². The molecule has 3 rings (SSSR count). The molecule has 160 valence electrons. The predicted molar refractivity (Wildman–Crippen MR) is 108 cm³/mol. The molecule has 30 heavy (non-hydrogen) atoms. The first-order valence-electron chi connectivity index (χ1n) is 9.93. The minimum absolute atomic E-state index is 0.0340. The Balaban J connectivity index is 1.36. The highest BCUT2D eigenvalue weighted by Crippen LogP contribution is 2.33. The number of ether oxygens (including phenoxy) is 3. The SMILES string of the molecule is C[C@@H](COC(=O)c1ccccc1)[C@H](O)[C@@H]1O[C@H]1[C@H](O)CCOC(=O)c1ccccc1. The van der Waals surface area contributed by atoms with Crippen LogP contribution < -0.4 is 0 Å². The Morgan fingerprint density at radius 1 is 0.900 bits per heavy atom. The van der Waals surface area contributed by atoms with E-state index in [2.05, 4.69) is 0 Å². The molecule has 0 bridgehead atoms. The number of carbonyl (C=O) groups is 2. The summed E-state index contributed by atoms with van der Waals surface area (Å²) >= 11 is 0. The van der Waals surface area contributed by atoms with Crippen molar-refractivity contribution in [3.8, 4) is 0 Å². The lowest BCUT2D eigenvalue weighted by Crippen LogP contribution is -2.32. The van der Waals surface area contributed by atoms with Crippen LogP contribution in [0.2, 0.25) is 0 Å². The molecule has 1 heterocycles. The van der Waals surface area contributed by atoms with Gasteiger partial charge in [-0.15, -0.1) is 0 Å². The zero-order valence-electron chi connectivity index (χ0n) is 16.7. The highest BCUT2D eigenvalue weighted by Gasteiger charge is 2.50. The number of hydrogen-bond acceptors (Lipinski definition) is 7. The van der Waals surface area contributed by atoms with Gasteiger partial charge in [0.05, 0.1) is 36.5 Å². The van der Waals surface area contributed by atoms with Crippen molar-refractivity contribution in [1.29, 1.82) is 0 Å². The standard InChI is InChI=1S/C23H26O7/c1-15(14-29-23(27)17-10-6-3-7-11-17)19(25)21-20(30-21)18(24)12-13-28-22(26)16-8-4-2-5-9-16/h2-11,15,18-21,24-25H,12-14H2,1H3/t15-,18+,19-,20-,21-/m0/s1. The summed E-state index contributed by atoms with van der Waals surface area (Å²) in [5, 5.41) is 20.6. The van der Waals surface area contributed by atoms with Crippen LogP contribution >= 0.6 is 0 Å². The highest BCUT2D eigenvalue weighted by atomic mass is 16.6. The van der Waals surface area contributed by atoms with Crippen molar-refractivity contribution >= 4 is 11.9 Å². The van der Waals surface area contributed by atoms with Crippen LogP contribution in [0.25, 0.3) is 0 Å². The minimum Gasteiger partial charge on any atom is -0.462 e. The first-order chi connectivity index (χ1) is 14.5. The van der Waals surface area contributed by atoms with Gasteiger partial charge in [-0.2, -0.15) is 0 Å². The second-order valence-corrected chi connectivity index (χ2v) is 7.36. The van der Waals surface area contributed by atoms with Crippen molar-refractivity contribution in [2.24, 2.45) is 5.92 Å². The lowest BCUT2D eigenvalue weighted by atomic mass is 9.98. The van der Waals surface area contributed by atoms with Gasteiger partial charge in [0.15, 0.2) is 0 Å². The Hall–Kier alpha value is -2.74. The summed E-state index contributed by atoms with van der Waals surface area (Å²) in [6.45, 7) is 1.82. The summed E-state index contributed by atoms with van der Waals surface area (Å²) in [6.07, 6.45) is -2.64. The van der Waals surface area contributed by atoms with Crippen molar-refractivity contribution in [2.75, 3.05) is 13.2 Å². The second kappa shape index (κ2) is 10.3. The van der Waals surface area contributed by atoms with Gasteiger partial charge in [-0.05, 0) is 24.3 Å². The fraction of sp³-hybridized carbons (Fsp3) is 0.391. The second-order valence-electron chi connectivity index (χ2n) is 7.36. The third kappa shape index (κ3) is 5.89. The van der Waals surface area contributed by atoms with E-state index in [1.165, 1.54) is 0 Å². The molecule has 0 saturated carbocycles. The maximum atomic E-state index is 12.0. The van der Waals surface area contributed by atoms with Crippen molar-refractivity contribution < 1.29 is 34.0 Å². The van der Waals surface area contributed by atoms with Crippen LogP contribution in [0.1, 0.15) is 34.1 Å². The van der Waals surface area contributed by atoms with E-state index in [4.69, 9.17) is 14.2 Å². The van der Waals surface area contributed by atoms with Crippen LogP contribution in [0.15, 0.2) is 60.7 Å². The molecule has 7 heteroatoms. The minimum atomic E-state index is -0.889. The average molecular weight is 414 g/mol. The molecule has 1 aliphatic rings. The number of aliphatic hydroxyl groups excluding tert-OH is 2. The summed E-state index contributed by atoms with van der Waals surface area (Å²) in [4.78, 5) is 23.9. The zero-order chi connectivity index (χ0) is 21.5. The predicted octanol–water partition coefficient (Wildman–Crippen LogP) is 2.22. The summed E-state index contributed by atoms with van der Waals surface area (Å²) in [6, 6.07) is 17.2. The first-order valence-corrected chi connectivity index (χ1v) is 9.93. The molecule has 1 fully saturated rings. The molecular formula is C23H26O7. The third-order valence-corrected chi connectivity index (χ3v) is 5.00. The fourth-order valence-electron chi connectivity index (χ4n) is 3.10. The normalized spacial score (nSPS) is 20.6. The maximum Gasteiger partial charge on any atom is 0.338 e. The van der Waals surface area contributed by atoms with E-state index in [-0.39, 0.29) is 25.6 Å². The van der Waals surface area contributed by atoms with Crippen molar-refractivity contribution in [3.63, 3.8) is 0 Å². The lowest BCUT2D eigenvalue weighted by molar-refractivity contribution is 0.0193. The van der Waals surface area contributed by atoms with Gasteiger partial charge in [0, 0.05) is 12.3 Å². The summed E-state index contributed by atoms with van der Waals surface area (Å²) in [7, 11) is 0. The molecule has 2 aromatic carbocycles. The zero-order valence-corrected chi connectivity index (χ0v) is 16.7. The number of aliphatic hydroxyl groups is 2. The van der Waals surface area contributed by atoms with Gasteiger partial charge < -0.3 is 24.4 Å². The van der Waals surface area contributed by atoms with E-state index in [9.17, 15) is 19.8 Å². The van der Waals surface area contributed by atoms with Crippen molar-refractivity contribution in [3.05, 3.63) is 71.8 Å². The van der Waals surface area contributed by atoms with Gasteiger partial charge in [0.1, 0.15) is 12.2 Å². The van der Waals surface area contributed by atoms with Crippen LogP contribution in [0, 0.1) is 5.92 Å². The molecule has 2 aromatic rings. The number of carbonyl (C=O) groups excluding carboxylic acids is 2. The molecule has 1 saturated heterocycles. The van der Waals surface area contributed by atoms with E-state index in [0.717, 1.165) is 0 Å². The molecule has 7 nitrogen and oxygen atoms in total. The van der Waals surface area contributed by atoms with Crippen LogP contribution in [-0.2, 0) is 14.2 Å². The summed E-state index contributed by atoms with van der Waals surface area (Å²) in [5.41, 5.74) is 0.891. The number of hydrogen-bond donors (Lipinski definition) is 2. The Bertz CT molecular complexity index is 824. The number of epoxide rings is 1. The van der Waals surface area contributed by atoms with E-state index >= 15 is 0 Å². The number of esters is 2. The number of benzene rings is 2. The molecular weight excluding hydrogens is 388 g/mol. The van der Waals surface area contributed by atoms with E-state index in [1.54, 1.807) is 61.5 Å². The van der Waals surface area contributed by atoms with Gasteiger partial charge in [-0.1, -0.05) is 43.3 Å². The summed E-state index contributed by atoms with van der Waals surface area (Å²) < 4.78 is 15.8. The average Bonchev–Trinajstić information content (AvgIpc) is 3.58. The Labute approximate surface area is 175 Å². The largest absolute Gasteiger partial charge is 0.462 e. The van der Waals surface area contributed by atoms with Crippen molar-refractivity contribution in [1.82, 2.24) is 0 Å². The van der Waals surface area contributed by atoms with Gasteiger partial charge in [-0.3, -0.25) is 0 Å². The van der Waals surface area contributed by atoms with Crippen molar-refractivity contribution in [2.45, 2.75) is 37.8 Å².